The molecule has 0 radical (unpaired) electrons. The van der Waals surface area contributed by atoms with Crippen molar-refractivity contribution in [2.24, 2.45) is 0 Å². The van der Waals surface area contributed by atoms with Crippen molar-refractivity contribution < 1.29 is 23.8 Å². The van der Waals surface area contributed by atoms with Crippen molar-refractivity contribution in [2.45, 2.75) is 19.2 Å². The van der Waals surface area contributed by atoms with Crippen LogP contribution in [0.1, 0.15) is 26.4 Å². The van der Waals surface area contributed by atoms with Gasteiger partial charge < -0.3 is 29.2 Å². The van der Waals surface area contributed by atoms with Crippen LogP contribution in [-0.2, 0) is 17.8 Å². The lowest BCUT2D eigenvalue weighted by molar-refractivity contribution is 0.0269. The number of carbonyl (C=O) groups is 2. The van der Waals surface area contributed by atoms with Crippen LogP contribution in [0.5, 0.6) is 5.75 Å². The number of aromatic hydroxyl groups is 1. The van der Waals surface area contributed by atoms with Crippen LogP contribution >= 0.6 is 11.6 Å². The summed E-state index contributed by atoms with van der Waals surface area (Å²) in [4.78, 5) is 41.3. The number of nitrogens with one attached hydrogen (secondary N) is 1. The number of rotatable bonds is 4. The van der Waals surface area contributed by atoms with E-state index >= 15 is 0 Å². The number of Topliss-reactive ketones (excluding diaryl/α,β-unsaturated/α-hetero) is 1. The van der Waals surface area contributed by atoms with E-state index in [-0.39, 0.29) is 39.5 Å². The van der Waals surface area contributed by atoms with Crippen LogP contribution < -0.4 is 10.9 Å². The third-order valence-corrected chi connectivity index (χ3v) is 6.57. The number of likely N-dealkylation sites (N-methyl/N-ethyl adjacent to an activating group) is 1. The Bertz CT molecular complexity index is 1390. The van der Waals surface area contributed by atoms with Crippen molar-refractivity contribution in [1.29, 1.82) is 0 Å². The molecule has 178 valence electrons. The lowest BCUT2D eigenvalue weighted by atomic mass is 10.0. The predicted octanol–water partition coefficient (Wildman–Crippen LogP) is 1.61. The Morgan fingerprint density at radius 1 is 1.32 bits per heavy atom. The van der Waals surface area contributed by atoms with Gasteiger partial charge in [-0.05, 0) is 17.7 Å². The van der Waals surface area contributed by atoms with Gasteiger partial charge in [0.1, 0.15) is 17.3 Å². The second-order valence-corrected chi connectivity index (χ2v) is 8.86. The van der Waals surface area contributed by atoms with Crippen LogP contribution in [0.3, 0.4) is 0 Å². The zero-order valence-electron chi connectivity index (χ0n) is 18.3. The van der Waals surface area contributed by atoms with Gasteiger partial charge in [0, 0.05) is 39.4 Å². The van der Waals surface area contributed by atoms with E-state index in [4.69, 9.17) is 16.3 Å². The van der Waals surface area contributed by atoms with E-state index in [1.165, 1.54) is 38.4 Å². The number of aromatic nitrogens is 2. The fourth-order valence-electron chi connectivity index (χ4n) is 4.52. The molecule has 0 aliphatic carbocycles. The van der Waals surface area contributed by atoms with Gasteiger partial charge in [-0.2, -0.15) is 0 Å². The number of ether oxygens (including phenoxy) is 1. The molecule has 1 amide bonds. The zero-order valence-corrected chi connectivity index (χ0v) is 19.1. The number of hydrogen-bond acceptors (Lipinski definition) is 6. The molecular weight excluding hydrogens is 467 g/mol. The number of hydrogen-bond donors (Lipinski definition) is 2. The highest BCUT2D eigenvalue weighted by molar-refractivity contribution is 6.30. The van der Waals surface area contributed by atoms with E-state index in [1.54, 1.807) is 7.05 Å². The van der Waals surface area contributed by atoms with Crippen molar-refractivity contribution in [1.82, 2.24) is 19.4 Å². The molecule has 1 unspecified atom stereocenters. The number of ketones is 1. The van der Waals surface area contributed by atoms with Crippen LogP contribution in [0.25, 0.3) is 10.9 Å². The molecule has 11 heteroatoms. The van der Waals surface area contributed by atoms with Crippen LogP contribution in [0, 0.1) is 5.82 Å². The van der Waals surface area contributed by atoms with E-state index in [0.717, 1.165) is 0 Å². The van der Waals surface area contributed by atoms with Crippen molar-refractivity contribution in [2.75, 3.05) is 33.3 Å². The minimum Gasteiger partial charge on any atom is -0.505 e. The second kappa shape index (κ2) is 8.53. The third kappa shape index (κ3) is 3.58. The average molecular weight is 489 g/mol. The standard InChI is InChI=1S/C23H22ClFN4O5/c1-27-5-6-29-18-13(20(30)16-9-26-4-7-34-16)11-28(10-12-2-3-15(25)14(24)8-12)22(32)17(18)21(31)19(29)23(27)33/h2-3,8,11,16,26,31H,4-7,9-10H2,1H3. The quantitative estimate of drug-likeness (QED) is 0.540. The first-order valence-electron chi connectivity index (χ1n) is 10.8. The number of morpholine rings is 1. The van der Waals surface area contributed by atoms with E-state index in [9.17, 15) is 23.9 Å². The summed E-state index contributed by atoms with van der Waals surface area (Å²) in [5.74, 6) is -1.86. The topological polar surface area (TPSA) is 106 Å². The molecule has 3 aromatic rings. The molecule has 2 aromatic heterocycles. The molecular formula is C23H22ClFN4O5. The molecule has 0 saturated carbocycles. The number of amides is 1. The molecule has 1 saturated heterocycles. The first-order chi connectivity index (χ1) is 16.3. The minimum absolute atomic E-state index is 0.0212. The smallest absolute Gasteiger partial charge is 0.274 e. The zero-order chi connectivity index (χ0) is 24.1. The summed E-state index contributed by atoms with van der Waals surface area (Å²) in [6.45, 7) is 1.93. The molecule has 34 heavy (non-hydrogen) atoms. The van der Waals surface area contributed by atoms with Gasteiger partial charge in [-0.25, -0.2) is 4.39 Å². The third-order valence-electron chi connectivity index (χ3n) is 6.28. The van der Waals surface area contributed by atoms with Crippen LogP contribution in [0.15, 0.2) is 29.2 Å². The number of nitrogens with zero attached hydrogens (tertiary/aromatic N) is 3. The van der Waals surface area contributed by atoms with E-state index in [2.05, 4.69) is 5.32 Å². The van der Waals surface area contributed by atoms with Gasteiger partial charge in [0.15, 0.2) is 17.2 Å². The second-order valence-electron chi connectivity index (χ2n) is 8.45. The molecule has 2 aliphatic heterocycles. The highest BCUT2D eigenvalue weighted by atomic mass is 35.5. The number of benzene rings is 1. The summed E-state index contributed by atoms with van der Waals surface area (Å²) in [5.41, 5.74) is 0.299. The molecule has 2 N–H and O–H groups in total. The van der Waals surface area contributed by atoms with E-state index in [0.29, 0.717) is 38.3 Å². The summed E-state index contributed by atoms with van der Waals surface area (Å²) >= 11 is 5.90. The molecule has 9 nitrogen and oxygen atoms in total. The van der Waals surface area contributed by atoms with Crippen LogP contribution in [0.4, 0.5) is 4.39 Å². The van der Waals surface area contributed by atoms with Gasteiger partial charge in [0.25, 0.3) is 11.5 Å². The van der Waals surface area contributed by atoms with E-state index in [1.807, 2.05) is 0 Å². The molecule has 4 heterocycles. The highest BCUT2D eigenvalue weighted by Gasteiger charge is 2.35. The fourth-order valence-corrected chi connectivity index (χ4v) is 4.72. The Morgan fingerprint density at radius 2 is 2.12 bits per heavy atom. The highest BCUT2D eigenvalue weighted by Crippen LogP contribution is 2.35. The maximum Gasteiger partial charge on any atom is 0.274 e. The number of carbonyl (C=O) groups excluding carboxylic acids is 2. The first-order valence-corrected chi connectivity index (χ1v) is 11.2. The Morgan fingerprint density at radius 3 is 2.82 bits per heavy atom. The van der Waals surface area contributed by atoms with Crippen molar-refractivity contribution in [3.63, 3.8) is 0 Å². The van der Waals surface area contributed by atoms with Crippen molar-refractivity contribution >= 4 is 34.2 Å². The van der Waals surface area contributed by atoms with Gasteiger partial charge in [0.05, 0.1) is 29.3 Å². The number of halogens is 2. The molecule has 0 bridgehead atoms. The lowest BCUT2D eigenvalue weighted by Crippen LogP contribution is -2.43. The van der Waals surface area contributed by atoms with Gasteiger partial charge in [-0.3, -0.25) is 14.4 Å². The first kappa shape index (κ1) is 22.6. The Hall–Kier alpha value is -3.21. The Labute approximate surface area is 198 Å². The minimum atomic E-state index is -0.779. The predicted molar refractivity (Wildman–Crippen MR) is 122 cm³/mol. The van der Waals surface area contributed by atoms with Crippen LogP contribution in [-0.4, -0.2) is 70.2 Å². The number of fused-ring (bicyclic) bond motifs is 3. The largest absolute Gasteiger partial charge is 0.505 e. The summed E-state index contributed by atoms with van der Waals surface area (Å²) in [6.07, 6.45) is 0.635. The molecule has 0 spiro atoms. The monoisotopic (exact) mass is 488 g/mol. The maximum atomic E-state index is 13.6. The Balaban J connectivity index is 1.74. The lowest BCUT2D eigenvalue weighted by Gasteiger charge is -2.26. The van der Waals surface area contributed by atoms with Gasteiger partial charge >= 0.3 is 0 Å². The Kier molecular flexibility index (Phi) is 5.67. The maximum absolute atomic E-state index is 13.6. The van der Waals surface area contributed by atoms with Crippen molar-refractivity contribution in [3.05, 3.63) is 62.4 Å². The van der Waals surface area contributed by atoms with Gasteiger partial charge in [-0.1, -0.05) is 17.7 Å². The molecule has 1 aromatic carbocycles. The van der Waals surface area contributed by atoms with Gasteiger partial charge in [-0.15, -0.1) is 0 Å². The van der Waals surface area contributed by atoms with Gasteiger partial charge in [0.2, 0.25) is 0 Å². The fraction of sp³-hybridized carbons (Fsp3) is 0.348. The van der Waals surface area contributed by atoms with Crippen molar-refractivity contribution in [3.8, 4) is 5.75 Å². The summed E-state index contributed by atoms with van der Waals surface area (Å²) in [6, 6.07) is 4.07. The molecule has 5 rings (SSSR count). The average Bonchev–Trinajstić information content (AvgIpc) is 3.14. The summed E-state index contributed by atoms with van der Waals surface area (Å²) in [7, 11) is 1.60. The SMILES string of the molecule is CN1CCn2c(c(O)c3c(=O)n(Cc4ccc(F)c(Cl)c4)cc(C(=O)C4CNCCO4)c32)C1=O. The van der Waals surface area contributed by atoms with Crippen LogP contribution in [0.2, 0.25) is 5.02 Å². The normalized spacial score (nSPS) is 18.4. The van der Waals surface area contributed by atoms with E-state index < -0.39 is 29.1 Å². The summed E-state index contributed by atoms with van der Waals surface area (Å²) in [5, 5.41) is 13.9. The molecule has 1 fully saturated rings. The molecule has 1 atom stereocenters. The molecule has 2 aliphatic rings. The summed E-state index contributed by atoms with van der Waals surface area (Å²) < 4.78 is 22.1. The number of pyridine rings is 1.